The molecule has 7 nitrogen and oxygen atoms in total. The molecular weight excluding hydrogens is 316 g/mol. The molecule has 0 atom stereocenters. The quantitative estimate of drug-likeness (QED) is 0.711. The minimum atomic E-state index is 0.301. The van der Waals surface area contributed by atoms with Crippen LogP contribution >= 0.6 is 0 Å². The fourth-order valence-electron chi connectivity index (χ4n) is 2.63. The number of aromatic nitrogens is 4. The van der Waals surface area contributed by atoms with Crippen molar-refractivity contribution >= 4 is 17.0 Å². The molecule has 0 spiro atoms. The van der Waals surface area contributed by atoms with Gasteiger partial charge >= 0.3 is 6.01 Å². The van der Waals surface area contributed by atoms with Gasteiger partial charge in [0, 0.05) is 6.54 Å². The first-order chi connectivity index (χ1) is 12.1. The van der Waals surface area contributed by atoms with Gasteiger partial charge in [0.2, 0.25) is 0 Å². The standard InChI is InChI=1S/C18H24N6O/c1-4-9-25-18-21-16(19)15-17(22-18)24(12-20-15)11-14-7-5-13(6-8-14)10-23(2)3/h5-8,12H,4,9-11H2,1-3H3,(H2,19,21,22). The molecule has 0 aliphatic heterocycles. The Labute approximate surface area is 147 Å². The molecule has 2 N–H and O–H groups in total. The van der Waals surface area contributed by atoms with E-state index in [1.807, 2.05) is 11.5 Å². The Morgan fingerprint density at radius 2 is 1.84 bits per heavy atom. The van der Waals surface area contributed by atoms with Crippen LogP contribution in [-0.4, -0.2) is 45.1 Å². The molecule has 2 heterocycles. The van der Waals surface area contributed by atoms with Crippen molar-refractivity contribution in [2.75, 3.05) is 26.4 Å². The van der Waals surface area contributed by atoms with Gasteiger partial charge in [0.15, 0.2) is 17.0 Å². The highest BCUT2D eigenvalue weighted by molar-refractivity contribution is 5.81. The molecule has 3 aromatic rings. The average molecular weight is 340 g/mol. The second kappa shape index (κ2) is 7.48. The number of nitrogens with two attached hydrogens (primary N) is 1. The van der Waals surface area contributed by atoms with E-state index in [0.29, 0.717) is 36.1 Å². The molecule has 1 aromatic carbocycles. The number of hydrogen-bond acceptors (Lipinski definition) is 6. The van der Waals surface area contributed by atoms with Crippen LogP contribution in [0.4, 0.5) is 5.82 Å². The molecule has 0 unspecified atom stereocenters. The third-order valence-corrected chi connectivity index (χ3v) is 3.78. The molecule has 0 amide bonds. The monoisotopic (exact) mass is 340 g/mol. The Morgan fingerprint density at radius 3 is 2.52 bits per heavy atom. The Morgan fingerprint density at radius 1 is 1.12 bits per heavy atom. The van der Waals surface area contributed by atoms with Crippen LogP contribution in [0.5, 0.6) is 6.01 Å². The van der Waals surface area contributed by atoms with Crippen molar-refractivity contribution in [3.05, 3.63) is 41.7 Å². The molecular formula is C18H24N6O. The van der Waals surface area contributed by atoms with Crippen molar-refractivity contribution in [1.29, 1.82) is 0 Å². The lowest BCUT2D eigenvalue weighted by Gasteiger charge is -2.10. The van der Waals surface area contributed by atoms with Crippen LogP contribution in [0.15, 0.2) is 30.6 Å². The molecule has 0 aliphatic carbocycles. The van der Waals surface area contributed by atoms with Gasteiger partial charge < -0.3 is 19.9 Å². The Kier molecular flexibility index (Phi) is 5.14. The largest absolute Gasteiger partial charge is 0.463 e. The number of hydrogen-bond donors (Lipinski definition) is 1. The SMILES string of the molecule is CCCOc1nc(N)c2ncn(Cc3ccc(CN(C)C)cc3)c2n1. The van der Waals surface area contributed by atoms with Crippen molar-refractivity contribution in [3.63, 3.8) is 0 Å². The topological polar surface area (TPSA) is 82.1 Å². The first kappa shape index (κ1) is 17.2. The molecule has 132 valence electrons. The van der Waals surface area contributed by atoms with Gasteiger partial charge in [-0.15, -0.1) is 0 Å². The van der Waals surface area contributed by atoms with Gasteiger partial charge in [-0.05, 0) is 31.6 Å². The zero-order chi connectivity index (χ0) is 17.8. The van der Waals surface area contributed by atoms with Crippen LogP contribution in [-0.2, 0) is 13.1 Å². The lowest BCUT2D eigenvalue weighted by Crippen LogP contribution is -2.10. The molecule has 0 saturated heterocycles. The van der Waals surface area contributed by atoms with Crippen molar-refractivity contribution in [1.82, 2.24) is 24.4 Å². The minimum absolute atomic E-state index is 0.301. The maximum atomic E-state index is 5.99. The fraction of sp³-hybridized carbons (Fsp3) is 0.389. The predicted molar refractivity (Wildman–Crippen MR) is 98.5 cm³/mol. The van der Waals surface area contributed by atoms with E-state index in [4.69, 9.17) is 10.5 Å². The van der Waals surface area contributed by atoms with Crippen LogP contribution in [0, 0.1) is 0 Å². The van der Waals surface area contributed by atoms with Crippen LogP contribution < -0.4 is 10.5 Å². The van der Waals surface area contributed by atoms with E-state index in [0.717, 1.165) is 13.0 Å². The molecule has 3 rings (SSSR count). The van der Waals surface area contributed by atoms with Gasteiger partial charge in [-0.1, -0.05) is 31.2 Å². The van der Waals surface area contributed by atoms with E-state index in [-0.39, 0.29) is 0 Å². The normalized spacial score (nSPS) is 11.4. The van der Waals surface area contributed by atoms with E-state index in [1.165, 1.54) is 11.1 Å². The Hall–Kier alpha value is -2.67. The van der Waals surface area contributed by atoms with E-state index in [1.54, 1.807) is 6.33 Å². The van der Waals surface area contributed by atoms with Crippen molar-refractivity contribution < 1.29 is 4.74 Å². The van der Waals surface area contributed by atoms with Gasteiger partial charge in [-0.2, -0.15) is 9.97 Å². The summed E-state index contributed by atoms with van der Waals surface area (Å²) >= 11 is 0. The number of fused-ring (bicyclic) bond motifs is 1. The number of ether oxygens (including phenoxy) is 1. The van der Waals surface area contributed by atoms with Crippen LogP contribution in [0.25, 0.3) is 11.2 Å². The highest BCUT2D eigenvalue weighted by Gasteiger charge is 2.12. The number of benzene rings is 1. The van der Waals surface area contributed by atoms with Gasteiger partial charge in [-0.25, -0.2) is 4.98 Å². The molecule has 7 heteroatoms. The number of rotatable bonds is 7. The summed E-state index contributed by atoms with van der Waals surface area (Å²) in [6, 6.07) is 8.85. The van der Waals surface area contributed by atoms with Gasteiger partial charge in [0.25, 0.3) is 0 Å². The second-order valence-corrected chi connectivity index (χ2v) is 6.34. The average Bonchev–Trinajstić information content (AvgIpc) is 2.98. The summed E-state index contributed by atoms with van der Waals surface area (Å²) in [5.41, 5.74) is 9.74. The highest BCUT2D eigenvalue weighted by Crippen LogP contribution is 2.20. The first-order valence-electron chi connectivity index (χ1n) is 8.40. The van der Waals surface area contributed by atoms with Crippen molar-refractivity contribution in [2.24, 2.45) is 0 Å². The first-order valence-corrected chi connectivity index (χ1v) is 8.40. The second-order valence-electron chi connectivity index (χ2n) is 6.34. The minimum Gasteiger partial charge on any atom is -0.463 e. The summed E-state index contributed by atoms with van der Waals surface area (Å²) in [4.78, 5) is 15.1. The van der Waals surface area contributed by atoms with Crippen molar-refractivity contribution in [2.45, 2.75) is 26.4 Å². The Bertz CT molecular complexity index is 841. The highest BCUT2D eigenvalue weighted by atomic mass is 16.5. The number of nitrogen functional groups attached to an aromatic ring is 1. The zero-order valence-corrected chi connectivity index (χ0v) is 14.9. The van der Waals surface area contributed by atoms with E-state index in [9.17, 15) is 0 Å². The molecule has 0 aliphatic rings. The van der Waals surface area contributed by atoms with Gasteiger partial charge in [0.05, 0.1) is 19.5 Å². The maximum absolute atomic E-state index is 5.99. The van der Waals surface area contributed by atoms with Crippen LogP contribution in [0.1, 0.15) is 24.5 Å². The summed E-state index contributed by atoms with van der Waals surface area (Å²) in [7, 11) is 4.13. The van der Waals surface area contributed by atoms with Crippen LogP contribution in [0.3, 0.4) is 0 Å². The van der Waals surface area contributed by atoms with Gasteiger partial charge in [0.1, 0.15) is 0 Å². The molecule has 25 heavy (non-hydrogen) atoms. The Balaban J connectivity index is 1.84. The summed E-state index contributed by atoms with van der Waals surface area (Å²) in [6.07, 6.45) is 2.63. The van der Waals surface area contributed by atoms with Crippen molar-refractivity contribution in [3.8, 4) is 6.01 Å². The van der Waals surface area contributed by atoms with Crippen LogP contribution in [0.2, 0.25) is 0 Å². The molecule has 2 aromatic heterocycles. The molecule has 0 bridgehead atoms. The maximum Gasteiger partial charge on any atom is 0.320 e. The third kappa shape index (κ3) is 4.06. The zero-order valence-electron chi connectivity index (χ0n) is 14.9. The third-order valence-electron chi connectivity index (χ3n) is 3.78. The number of imidazole rings is 1. The predicted octanol–water partition coefficient (Wildman–Crippen LogP) is 2.31. The number of nitrogens with zero attached hydrogens (tertiary/aromatic N) is 5. The summed E-state index contributed by atoms with van der Waals surface area (Å²) < 4.78 is 7.49. The van der Waals surface area contributed by atoms with E-state index < -0.39 is 0 Å². The smallest absolute Gasteiger partial charge is 0.320 e. The fourth-order valence-corrected chi connectivity index (χ4v) is 2.63. The van der Waals surface area contributed by atoms with Gasteiger partial charge in [-0.3, -0.25) is 0 Å². The summed E-state index contributed by atoms with van der Waals surface area (Å²) in [5, 5.41) is 0. The lowest BCUT2D eigenvalue weighted by molar-refractivity contribution is 0.293. The molecule has 0 saturated carbocycles. The summed E-state index contributed by atoms with van der Waals surface area (Å²) in [5.74, 6) is 0.344. The number of anilines is 1. The van der Waals surface area contributed by atoms with E-state index >= 15 is 0 Å². The summed E-state index contributed by atoms with van der Waals surface area (Å²) in [6.45, 7) is 4.19. The molecule has 0 fully saturated rings. The lowest BCUT2D eigenvalue weighted by atomic mass is 10.1. The molecule has 0 radical (unpaired) electrons. The van der Waals surface area contributed by atoms with E-state index in [2.05, 4.69) is 58.2 Å².